The maximum Gasteiger partial charge on any atom is 0.323 e. The fraction of sp³-hybridized carbons (Fsp3) is 0.882. The molecule has 0 radical (unpaired) electrons. The molecule has 1 saturated heterocycles. The van der Waals surface area contributed by atoms with E-state index in [1.54, 1.807) is 6.92 Å². The molecule has 2 aliphatic carbocycles. The molecule has 3 fully saturated rings. The van der Waals surface area contributed by atoms with Crippen molar-refractivity contribution in [3.63, 3.8) is 0 Å². The number of rotatable bonds is 3. The molecule has 0 aromatic heterocycles. The number of ether oxygens (including phenoxy) is 1. The minimum absolute atomic E-state index is 0.0993. The van der Waals surface area contributed by atoms with Crippen molar-refractivity contribution in [3.05, 3.63) is 0 Å². The van der Waals surface area contributed by atoms with Crippen LogP contribution in [0.1, 0.15) is 53.4 Å². The van der Waals surface area contributed by atoms with E-state index in [0.29, 0.717) is 11.8 Å². The zero-order valence-corrected chi connectivity index (χ0v) is 14.0. The lowest BCUT2D eigenvalue weighted by molar-refractivity contribution is -0.157. The molecule has 1 aliphatic heterocycles. The monoisotopic (exact) mass is 308 g/mol. The van der Waals surface area contributed by atoms with Crippen molar-refractivity contribution in [2.75, 3.05) is 0 Å². The zero-order valence-electron chi connectivity index (χ0n) is 14.0. The van der Waals surface area contributed by atoms with Gasteiger partial charge in [0, 0.05) is 11.5 Å². The first-order chi connectivity index (χ1) is 10.1. The Morgan fingerprint density at radius 3 is 2.64 bits per heavy atom. The highest BCUT2D eigenvalue weighted by molar-refractivity contribution is 5.91. The molecule has 3 rings (SSSR count). The lowest BCUT2D eigenvalue weighted by Gasteiger charge is -2.36. The van der Waals surface area contributed by atoms with Crippen LogP contribution >= 0.6 is 0 Å². The molecule has 2 saturated carbocycles. The van der Waals surface area contributed by atoms with Gasteiger partial charge < -0.3 is 15.8 Å². The van der Waals surface area contributed by atoms with Gasteiger partial charge in [-0.2, -0.15) is 0 Å². The van der Waals surface area contributed by atoms with Gasteiger partial charge in [0.1, 0.15) is 11.6 Å². The average molecular weight is 308 g/mol. The smallest absolute Gasteiger partial charge is 0.323 e. The van der Waals surface area contributed by atoms with Gasteiger partial charge in [-0.1, -0.05) is 0 Å². The Labute approximate surface area is 132 Å². The molecule has 2 bridgehead atoms. The van der Waals surface area contributed by atoms with Crippen molar-refractivity contribution in [1.29, 1.82) is 0 Å². The molecular formula is C17H28N2O3. The van der Waals surface area contributed by atoms with Crippen molar-refractivity contribution in [3.8, 4) is 0 Å². The highest BCUT2D eigenvalue weighted by Gasteiger charge is 2.64. The number of nitrogens with one attached hydrogen (secondary N) is 1. The average Bonchev–Trinajstić information content (AvgIpc) is 3.06. The number of carbonyl (C=O) groups excluding carboxylic acids is 2. The molecule has 1 unspecified atom stereocenters. The number of Topliss-reactive ketones (excluding diaryl/α,β-unsaturated/α-hetero) is 1. The summed E-state index contributed by atoms with van der Waals surface area (Å²) in [5.74, 6) is 0.936. The molecule has 22 heavy (non-hydrogen) atoms. The van der Waals surface area contributed by atoms with E-state index in [2.05, 4.69) is 5.32 Å². The number of nitrogens with two attached hydrogens (primary N) is 1. The fourth-order valence-corrected chi connectivity index (χ4v) is 4.98. The molecule has 0 spiro atoms. The van der Waals surface area contributed by atoms with Crippen molar-refractivity contribution >= 4 is 11.8 Å². The minimum atomic E-state index is -0.477. The Morgan fingerprint density at radius 2 is 2.05 bits per heavy atom. The normalized spacial score (nSPS) is 41.3. The van der Waals surface area contributed by atoms with Gasteiger partial charge in [0.25, 0.3) is 0 Å². The van der Waals surface area contributed by atoms with Gasteiger partial charge in [0.05, 0.1) is 6.04 Å². The van der Waals surface area contributed by atoms with Crippen LogP contribution in [0.3, 0.4) is 0 Å². The molecule has 6 atom stereocenters. The third kappa shape index (κ3) is 2.38. The second kappa shape index (κ2) is 5.03. The van der Waals surface area contributed by atoms with Gasteiger partial charge in [0.2, 0.25) is 0 Å². The first-order valence-corrected chi connectivity index (χ1v) is 8.43. The Balaban J connectivity index is 1.77. The first-order valence-electron chi connectivity index (χ1n) is 8.43. The van der Waals surface area contributed by atoms with E-state index in [0.717, 1.165) is 25.7 Å². The SMILES string of the molecule is CC(N)C(=O)[C@]12CC[C@@H](C1)[C@@H]1C[C@@H](C(=O)OC(C)(C)C)N[C@H]12. The molecule has 0 aromatic rings. The van der Waals surface area contributed by atoms with Crippen molar-refractivity contribution in [2.24, 2.45) is 23.0 Å². The maximum atomic E-state index is 12.7. The zero-order chi connectivity index (χ0) is 16.3. The van der Waals surface area contributed by atoms with Crippen LogP contribution in [0.2, 0.25) is 0 Å². The fourth-order valence-electron chi connectivity index (χ4n) is 4.98. The van der Waals surface area contributed by atoms with Crippen LogP contribution in [0.4, 0.5) is 0 Å². The van der Waals surface area contributed by atoms with Crippen LogP contribution in [0.5, 0.6) is 0 Å². The Kier molecular flexibility index (Phi) is 3.64. The molecule has 0 amide bonds. The summed E-state index contributed by atoms with van der Waals surface area (Å²) in [6.07, 6.45) is 3.73. The van der Waals surface area contributed by atoms with E-state index >= 15 is 0 Å². The van der Waals surface area contributed by atoms with E-state index in [4.69, 9.17) is 10.5 Å². The topological polar surface area (TPSA) is 81.4 Å². The van der Waals surface area contributed by atoms with E-state index in [1.807, 2.05) is 20.8 Å². The molecule has 124 valence electrons. The maximum absolute atomic E-state index is 12.7. The van der Waals surface area contributed by atoms with Crippen LogP contribution in [-0.2, 0) is 14.3 Å². The van der Waals surface area contributed by atoms with Crippen LogP contribution in [0.15, 0.2) is 0 Å². The summed E-state index contributed by atoms with van der Waals surface area (Å²) < 4.78 is 5.51. The third-order valence-electron chi connectivity index (χ3n) is 5.70. The Bertz CT molecular complexity index is 497. The van der Waals surface area contributed by atoms with E-state index in [1.165, 1.54) is 0 Å². The highest BCUT2D eigenvalue weighted by atomic mass is 16.6. The Morgan fingerprint density at radius 1 is 1.36 bits per heavy atom. The standard InChI is InChI=1S/C17H28N2O3/c1-9(18)14(20)17-6-5-10(8-17)11-7-12(19-13(11)17)15(21)22-16(2,3)4/h9-13,19H,5-8,18H2,1-4H3/t9?,10-,11-,12-,13+,17+/m0/s1. The number of hydrogen-bond acceptors (Lipinski definition) is 5. The predicted molar refractivity (Wildman–Crippen MR) is 83.1 cm³/mol. The van der Waals surface area contributed by atoms with Crippen LogP contribution in [0, 0.1) is 17.3 Å². The minimum Gasteiger partial charge on any atom is -0.459 e. The lowest BCUT2D eigenvalue weighted by atomic mass is 9.72. The van der Waals surface area contributed by atoms with E-state index in [-0.39, 0.29) is 29.3 Å². The van der Waals surface area contributed by atoms with Gasteiger partial charge in [-0.3, -0.25) is 9.59 Å². The quantitative estimate of drug-likeness (QED) is 0.770. The summed E-state index contributed by atoms with van der Waals surface area (Å²) in [6, 6.07) is -0.613. The van der Waals surface area contributed by atoms with Gasteiger partial charge in [-0.15, -0.1) is 0 Å². The summed E-state index contributed by atoms with van der Waals surface area (Å²) in [4.78, 5) is 25.0. The number of hydrogen-bond donors (Lipinski definition) is 2. The molecule has 3 aliphatic rings. The van der Waals surface area contributed by atoms with Crippen molar-refractivity contribution in [2.45, 2.75) is 77.1 Å². The van der Waals surface area contributed by atoms with Gasteiger partial charge in [-0.25, -0.2) is 0 Å². The largest absolute Gasteiger partial charge is 0.459 e. The second-order valence-electron chi connectivity index (χ2n) is 8.44. The molecule has 5 nitrogen and oxygen atoms in total. The second-order valence-corrected chi connectivity index (χ2v) is 8.44. The number of fused-ring (bicyclic) bond motifs is 5. The van der Waals surface area contributed by atoms with Crippen LogP contribution in [-0.4, -0.2) is 35.5 Å². The molecule has 3 N–H and O–H groups in total. The first kappa shape index (κ1) is 15.9. The van der Waals surface area contributed by atoms with Crippen LogP contribution in [0.25, 0.3) is 0 Å². The van der Waals surface area contributed by atoms with E-state index < -0.39 is 11.6 Å². The number of carbonyl (C=O) groups is 2. The van der Waals surface area contributed by atoms with Crippen molar-refractivity contribution < 1.29 is 14.3 Å². The number of ketones is 1. The summed E-state index contributed by atoms with van der Waals surface area (Å²) in [5, 5.41) is 3.43. The number of esters is 1. The third-order valence-corrected chi connectivity index (χ3v) is 5.70. The summed E-state index contributed by atoms with van der Waals surface area (Å²) in [7, 11) is 0. The summed E-state index contributed by atoms with van der Waals surface area (Å²) in [5.41, 5.74) is 5.06. The van der Waals surface area contributed by atoms with Gasteiger partial charge >= 0.3 is 5.97 Å². The van der Waals surface area contributed by atoms with Crippen molar-refractivity contribution in [1.82, 2.24) is 5.32 Å². The molecule has 1 heterocycles. The highest BCUT2D eigenvalue weighted by Crippen LogP contribution is 2.60. The predicted octanol–water partition coefficient (Wildman–Crippen LogP) is 1.39. The lowest BCUT2D eigenvalue weighted by Crippen LogP contribution is -2.53. The summed E-state index contributed by atoms with van der Waals surface area (Å²) >= 11 is 0. The molecule has 5 heteroatoms. The molecular weight excluding hydrogens is 280 g/mol. The van der Waals surface area contributed by atoms with Gasteiger partial charge in [0.15, 0.2) is 5.78 Å². The van der Waals surface area contributed by atoms with Gasteiger partial charge in [-0.05, 0) is 65.2 Å². The Hall–Kier alpha value is -0.940. The summed E-state index contributed by atoms with van der Waals surface area (Å²) in [6.45, 7) is 7.42. The van der Waals surface area contributed by atoms with E-state index in [9.17, 15) is 9.59 Å². The molecule has 0 aromatic carbocycles. The van der Waals surface area contributed by atoms with Crippen LogP contribution < -0.4 is 11.1 Å².